The van der Waals surface area contributed by atoms with Crippen LogP contribution in [0, 0.1) is 0 Å². The van der Waals surface area contributed by atoms with Crippen LogP contribution in [0.15, 0.2) is 36.4 Å². The summed E-state index contributed by atoms with van der Waals surface area (Å²) in [5, 5.41) is 0.816. The molecule has 0 amide bonds. The zero-order valence-electron chi connectivity index (χ0n) is 14.2. The number of halogens is 1. The minimum absolute atomic E-state index is 0.256. The first kappa shape index (κ1) is 16.4. The van der Waals surface area contributed by atoms with E-state index in [9.17, 15) is 0 Å². The Balaban J connectivity index is 1.42. The molecule has 0 aliphatic carbocycles. The summed E-state index contributed by atoms with van der Waals surface area (Å²) in [4.78, 5) is 4.78. The first-order chi connectivity index (χ1) is 12.2. The Morgan fingerprint density at radius 3 is 2.64 bits per heavy atom. The van der Waals surface area contributed by atoms with Crippen LogP contribution in [0.4, 0.5) is 5.69 Å². The highest BCUT2D eigenvalue weighted by Crippen LogP contribution is 2.42. The largest absolute Gasteiger partial charge is 0.493 e. The number of methoxy groups -OCH3 is 1. The summed E-state index contributed by atoms with van der Waals surface area (Å²) >= 11 is 6.32. The predicted octanol–water partition coefficient (Wildman–Crippen LogP) is 3.40. The Bertz CT molecular complexity index is 760. The van der Waals surface area contributed by atoms with E-state index in [2.05, 4.69) is 15.9 Å². The third-order valence-corrected chi connectivity index (χ3v) is 5.01. The standard InChI is InChI=1S/C19H21ClN2O3/c1-23-17-10-14(11-18-19(17)25-13-24-18)12-21-6-8-22(9-7-21)16-5-3-2-4-15(16)20/h2-5,10-11H,6-9,12-13H2,1H3. The predicted molar refractivity (Wildman–Crippen MR) is 98.1 cm³/mol. The van der Waals surface area contributed by atoms with Gasteiger partial charge in [-0.05, 0) is 29.8 Å². The Kier molecular flexibility index (Phi) is 4.59. The normalized spacial score (nSPS) is 17.0. The number of anilines is 1. The van der Waals surface area contributed by atoms with Crippen LogP contribution in [-0.2, 0) is 6.54 Å². The molecule has 2 aromatic carbocycles. The van der Waals surface area contributed by atoms with E-state index in [0.29, 0.717) is 5.75 Å². The molecule has 0 unspecified atom stereocenters. The number of ether oxygens (including phenoxy) is 3. The molecule has 0 spiro atoms. The smallest absolute Gasteiger partial charge is 0.231 e. The second kappa shape index (κ2) is 7.02. The molecule has 0 radical (unpaired) electrons. The maximum atomic E-state index is 6.32. The van der Waals surface area contributed by atoms with Gasteiger partial charge in [0.2, 0.25) is 12.5 Å². The van der Waals surface area contributed by atoms with Crippen molar-refractivity contribution in [2.24, 2.45) is 0 Å². The zero-order valence-corrected chi connectivity index (χ0v) is 15.0. The van der Waals surface area contributed by atoms with Crippen molar-refractivity contribution >= 4 is 17.3 Å². The number of hydrogen-bond donors (Lipinski definition) is 0. The first-order valence-corrected chi connectivity index (χ1v) is 8.81. The molecular weight excluding hydrogens is 340 g/mol. The average molecular weight is 361 g/mol. The van der Waals surface area contributed by atoms with Gasteiger partial charge in [0.25, 0.3) is 0 Å². The fourth-order valence-corrected chi connectivity index (χ4v) is 3.64. The summed E-state index contributed by atoms with van der Waals surface area (Å²) in [5.74, 6) is 2.21. The number of nitrogens with zero attached hydrogens (tertiary/aromatic N) is 2. The Morgan fingerprint density at radius 1 is 1.08 bits per heavy atom. The van der Waals surface area contributed by atoms with E-state index in [4.69, 9.17) is 25.8 Å². The van der Waals surface area contributed by atoms with E-state index in [1.165, 1.54) is 5.56 Å². The summed E-state index contributed by atoms with van der Waals surface area (Å²) in [6.45, 7) is 5.02. The van der Waals surface area contributed by atoms with Gasteiger partial charge in [-0.2, -0.15) is 0 Å². The van der Waals surface area contributed by atoms with Crippen LogP contribution in [0.25, 0.3) is 0 Å². The molecule has 1 saturated heterocycles. The highest BCUT2D eigenvalue weighted by molar-refractivity contribution is 6.33. The van der Waals surface area contributed by atoms with E-state index < -0.39 is 0 Å². The Labute approximate surface area is 152 Å². The second-order valence-electron chi connectivity index (χ2n) is 6.25. The van der Waals surface area contributed by atoms with E-state index >= 15 is 0 Å². The highest BCUT2D eigenvalue weighted by atomic mass is 35.5. The maximum Gasteiger partial charge on any atom is 0.231 e. The molecule has 5 nitrogen and oxygen atoms in total. The van der Waals surface area contributed by atoms with Crippen molar-refractivity contribution in [1.29, 1.82) is 0 Å². The van der Waals surface area contributed by atoms with Crippen molar-refractivity contribution in [3.63, 3.8) is 0 Å². The summed E-state index contributed by atoms with van der Waals surface area (Å²) < 4.78 is 16.4. The minimum atomic E-state index is 0.256. The van der Waals surface area contributed by atoms with Gasteiger partial charge >= 0.3 is 0 Å². The maximum absolute atomic E-state index is 6.32. The van der Waals surface area contributed by atoms with Gasteiger partial charge < -0.3 is 19.1 Å². The molecule has 0 saturated carbocycles. The quantitative estimate of drug-likeness (QED) is 0.834. The Morgan fingerprint density at radius 2 is 1.88 bits per heavy atom. The van der Waals surface area contributed by atoms with Crippen LogP contribution >= 0.6 is 11.6 Å². The third kappa shape index (κ3) is 3.34. The molecule has 4 rings (SSSR count). The van der Waals surface area contributed by atoms with Crippen molar-refractivity contribution < 1.29 is 14.2 Å². The monoisotopic (exact) mass is 360 g/mol. The number of benzene rings is 2. The molecule has 25 heavy (non-hydrogen) atoms. The first-order valence-electron chi connectivity index (χ1n) is 8.43. The lowest BCUT2D eigenvalue weighted by Crippen LogP contribution is -2.46. The number of para-hydroxylation sites is 1. The molecule has 1 fully saturated rings. The second-order valence-corrected chi connectivity index (χ2v) is 6.65. The SMILES string of the molecule is COc1cc(CN2CCN(c3ccccc3Cl)CC2)cc2c1OCO2. The van der Waals surface area contributed by atoms with Crippen LogP contribution in [0.5, 0.6) is 17.2 Å². The molecule has 0 aromatic heterocycles. The van der Waals surface area contributed by atoms with Crippen molar-refractivity contribution in [3.8, 4) is 17.2 Å². The van der Waals surface area contributed by atoms with Crippen molar-refractivity contribution in [1.82, 2.24) is 4.90 Å². The van der Waals surface area contributed by atoms with Gasteiger partial charge in [0.05, 0.1) is 17.8 Å². The Hall–Kier alpha value is -2.11. The van der Waals surface area contributed by atoms with E-state index in [1.807, 2.05) is 30.3 Å². The summed E-state index contributed by atoms with van der Waals surface area (Å²) in [5.41, 5.74) is 2.29. The van der Waals surface area contributed by atoms with Gasteiger partial charge in [0, 0.05) is 32.7 Å². The molecule has 0 N–H and O–H groups in total. The van der Waals surface area contributed by atoms with Gasteiger partial charge in [-0.25, -0.2) is 0 Å². The highest BCUT2D eigenvalue weighted by Gasteiger charge is 2.23. The van der Waals surface area contributed by atoms with Crippen molar-refractivity contribution in [2.45, 2.75) is 6.54 Å². The molecule has 6 heteroatoms. The van der Waals surface area contributed by atoms with Gasteiger partial charge in [0.1, 0.15) is 0 Å². The molecule has 2 aliphatic rings. The molecule has 2 heterocycles. The fraction of sp³-hybridized carbons (Fsp3) is 0.368. The van der Waals surface area contributed by atoms with Crippen LogP contribution in [0.2, 0.25) is 5.02 Å². The zero-order chi connectivity index (χ0) is 17.2. The lowest BCUT2D eigenvalue weighted by molar-refractivity contribution is 0.171. The molecule has 2 aliphatic heterocycles. The number of fused-ring (bicyclic) bond motifs is 1. The molecule has 2 aromatic rings. The molecule has 0 atom stereocenters. The topological polar surface area (TPSA) is 34.2 Å². The van der Waals surface area contributed by atoms with Crippen LogP contribution < -0.4 is 19.1 Å². The lowest BCUT2D eigenvalue weighted by atomic mass is 10.1. The molecular formula is C19H21ClN2O3. The van der Waals surface area contributed by atoms with Crippen LogP contribution in [0.3, 0.4) is 0 Å². The number of hydrogen-bond acceptors (Lipinski definition) is 5. The van der Waals surface area contributed by atoms with E-state index in [0.717, 1.165) is 54.9 Å². The summed E-state index contributed by atoms with van der Waals surface area (Å²) in [6.07, 6.45) is 0. The third-order valence-electron chi connectivity index (χ3n) is 4.69. The minimum Gasteiger partial charge on any atom is -0.493 e. The van der Waals surface area contributed by atoms with Crippen LogP contribution in [-0.4, -0.2) is 45.0 Å². The van der Waals surface area contributed by atoms with Gasteiger partial charge in [-0.3, -0.25) is 4.90 Å². The van der Waals surface area contributed by atoms with E-state index in [1.54, 1.807) is 7.11 Å². The summed E-state index contributed by atoms with van der Waals surface area (Å²) in [6, 6.07) is 12.1. The number of rotatable bonds is 4. The molecule has 132 valence electrons. The average Bonchev–Trinajstić information content (AvgIpc) is 3.11. The number of piperazine rings is 1. The fourth-order valence-electron chi connectivity index (χ4n) is 3.39. The van der Waals surface area contributed by atoms with Crippen molar-refractivity contribution in [3.05, 3.63) is 47.0 Å². The van der Waals surface area contributed by atoms with Gasteiger partial charge in [-0.15, -0.1) is 0 Å². The van der Waals surface area contributed by atoms with Gasteiger partial charge in [-0.1, -0.05) is 23.7 Å². The van der Waals surface area contributed by atoms with E-state index in [-0.39, 0.29) is 6.79 Å². The molecule has 0 bridgehead atoms. The van der Waals surface area contributed by atoms with Crippen LogP contribution in [0.1, 0.15) is 5.56 Å². The van der Waals surface area contributed by atoms with Crippen molar-refractivity contribution in [2.75, 3.05) is 45.0 Å². The lowest BCUT2D eigenvalue weighted by Gasteiger charge is -2.36. The summed E-state index contributed by atoms with van der Waals surface area (Å²) in [7, 11) is 1.66. The van der Waals surface area contributed by atoms with Gasteiger partial charge in [0.15, 0.2) is 11.5 Å².